The third-order valence-corrected chi connectivity index (χ3v) is 2.92. The van der Waals surface area contributed by atoms with Gasteiger partial charge in [-0.2, -0.15) is 0 Å². The normalized spacial score (nSPS) is 11.0. The molecular weight excluding hydrogens is 251 g/mol. The molecule has 94 valence electrons. The first kappa shape index (κ1) is 11.3. The fourth-order valence-corrected chi connectivity index (χ4v) is 2.04. The summed E-state index contributed by atoms with van der Waals surface area (Å²) in [7, 11) is 0. The molecule has 0 saturated heterocycles. The lowest BCUT2D eigenvalue weighted by Gasteiger charge is -2.04. The molecule has 0 atom stereocenters. The lowest BCUT2D eigenvalue weighted by molar-refractivity contribution is 0.0695. The number of rotatable bonds is 1. The Morgan fingerprint density at radius 3 is 2.89 bits per heavy atom. The second kappa shape index (κ2) is 3.88. The van der Waals surface area contributed by atoms with Crippen molar-refractivity contribution in [3.63, 3.8) is 0 Å². The maximum Gasteiger partial charge on any atom is 0.341 e. The van der Waals surface area contributed by atoms with Gasteiger partial charge in [0, 0.05) is 17.8 Å². The summed E-state index contributed by atoms with van der Waals surface area (Å²) in [5, 5.41) is 9.13. The van der Waals surface area contributed by atoms with Crippen molar-refractivity contribution in [2.45, 2.75) is 0 Å². The highest BCUT2D eigenvalue weighted by Crippen LogP contribution is 2.22. The molecule has 0 aliphatic rings. The number of hydrogen-bond acceptors (Lipinski definition) is 3. The van der Waals surface area contributed by atoms with Crippen LogP contribution in [-0.4, -0.2) is 21.0 Å². The van der Waals surface area contributed by atoms with E-state index in [2.05, 4.69) is 9.97 Å². The summed E-state index contributed by atoms with van der Waals surface area (Å²) in [6, 6.07) is 4.16. The summed E-state index contributed by atoms with van der Waals surface area (Å²) < 4.78 is 13.9. The summed E-state index contributed by atoms with van der Waals surface area (Å²) in [5.74, 6) is -1.96. The number of carboxylic acids is 1. The summed E-state index contributed by atoms with van der Waals surface area (Å²) in [4.78, 5) is 29.6. The van der Waals surface area contributed by atoms with E-state index in [-0.39, 0.29) is 10.8 Å². The van der Waals surface area contributed by atoms with Crippen LogP contribution in [0.5, 0.6) is 0 Å². The second-order valence-electron chi connectivity index (χ2n) is 4.02. The van der Waals surface area contributed by atoms with Crippen LogP contribution < -0.4 is 5.43 Å². The zero-order chi connectivity index (χ0) is 13.6. The van der Waals surface area contributed by atoms with E-state index >= 15 is 0 Å². The Balaban J connectivity index is 2.57. The molecule has 0 unspecified atom stereocenters. The van der Waals surface area contributed by atoms with Gasteiger partial charge in [0.2, 0.25) is 5.43 Å². The monoisotopic (exact) mass is 258 g/mol. The fourth-order valence-electron chi connectivity index (χ4n) is 2.04. The Bertz CT molecular complexity index is 886. The van der Waals surface area contributed by atoms with Gasteiger partial charge in [-0.15, -0.1) is 0 Å². The zero-order valence-electron chi connectivity index (χ0n) is 9.48. The summed E-state index contributed by atoms with van der Waals surface area (Å²) >= 11 is 0. The van der Waals surface area contributed by atoms with E-state index in [0.717, 1.165) is 12.3 Å². The average Bonchev–Trinajstić information content (AvgIpc) is 2.40. The molecule has 19 heavy (non-hydrogen) atoms. The standard InChI is InChI=1S/C13H7FN2O3/c14-9-4-7-11(10-6(9)2-1-3-15-10)16-5-8(12(7)17)13(18)19/h1-5H,(H,16,17)(H,18,19). The highest BCUT2D eigenvalue weighted by molar-refractivity contribution is 6.04. The van der Waals surface area contributed by atoms with Crippen LogP contribution in [0.15, 0.2) is 35.4 Å². The molecule has 0 fully saturated rings. The third-order valence-electron chi connectivity index (χ3n) is 2.92. The summed E-state index contributed by atoms with van der Waals surface area (Å²) in [6.07, 6.45) is 2.57. The predicted molar refractivity (Wildman–Crippen MR) is 66.8 cm³/mol. The third kappa shape index (κ3) is 1.57. The van der Waals surface area contributed by atoms with Gasteiger partial charge in [-0.05, 0) is 18.2 Å². The van der Waals surface area contributed by atoms with Gasteiger partial charge in [-0.3, -0.25) is 9.78 Å². The first-order chi connectivity index (χ1) is 9.09. The molecule has 2 N–H and O–H groups in total. The van der Waals surface area contributed by atoms with Crippen LogP contribution in [0, 0.1) is 5.82 Å². The molecule has 3 rings (SSSR count). The minimum atomic E-state index is -1.36. The Morgan fingerprint density at radius 1 is 1.37 bits per heavy atom. The van der Waals surface area contributed by atoms with E-state index in [1.54, 1.807) is 12.1 Å². The van der Waals surface area contributed by atoms with Crippen molar-refractivity contribution in [1.82, 2.24) is 9.97 Å². The molecular formula is C13H7FN2O3. The first-order valence-electron chi connectivity index (χ1n) is 5.41. The van der Waals surface area contributed by atoms with Crippen molar-refractivity contribution in [2.24, 2.45) is 0 Å². The van der Waals surface area contributed by atoms with E-state index in [1.165, 1.54) is 6.20 Å². The number of carboxylic acid groups (broad SMARTS) is 1. The minimum Gasteiger partial charge on any atom is -0.477 e. The Morgan fingerprint density at radius 2 is 2.16 bits per heavy atom. The molecule has 0 radical (unpaired) electrons. The number of nitrogens with zero attached hydrogens (tertiary/aromatic N) is 1. The molecule has 5 nitrogen and oxygen atoms in total. The van der Waals surface area contributed by atoms with Crippen molar-refractivity contribution < 1.29 is 14.3 Å². The number of halogens is 1. The minimum absolute atomic E-state index is 0.0244. The van der Waals surface area contributed by atoms with Crippen molar-refractivity contribution in [1.29, 1.82) is 0 Å². The van der Waals surface area contributed by atoms with Crippen LogP contribution in [0.1, 0.15) is 10.4 Å². The Hall–Kier alpha value is -2.76. The lowest BCUT2D eigenvalue weighted by Crippen LogP contribution is -2.15. The highest BCUT2D eigenvalue weighted by Gasteiger charge is 2.15. The second-order valence-corrected chi connectivity index (χ2v) is 4.02. The molecule has 2 aromatic heterocycles. The predicted octanol–water partition coefficient (Wildman–Crippen LogP) is 1.91. The SMILES string of the molecule is O=C(O)c1c[nH]c2c(cc(F)c3cccnc32)c1=O. The molecule has 0 saturated carbocycles. The van der Waals surface area contributed by atoms with Crippen LogP contribution in [0.25, 0.3) is 21.8 Å². The number of nitrogens with one attached hydrogen (secondary N) is 1. The van der Waals surface area contributed by atoms with Crippen molar-refractivity contribution in [3.8, 4) is 0 Å². The van der Waals surface area contributed by atoms with Gasteiger partial charge in [0.05, 0.1) is 16.4 Å². The van der Waals surface area contributed by atoms with Crippen LogP contribution in [0.2, 0.25) is 0 Å². The molecule has 1 aromatic carbocycles. The number of carbonyl (C=O) groups is 1. The maximum absolute atomic E-state index is 13.9. The highest BCUT2D eigenvalue weighted by atomic mass is 19.1. The quantitative estimate of drug-likeness (QED) is 0.653. The maximum atomic E-state index is 13.9. The van der Waals surface area contributed by atoms with Gasteiger partial charge >= 0.3 is 5.97 Å². The smallest absolute Gasteiger partial charge is 0.341 e. The van der Waals surface area contributed by atoms with Crippen LogP contribution >= 0.6 is 0 Å². The van der Waals surface area contributed by atoms with Gasteiger partial charge < -0.3 is 10.1 Å². The van der Waals surface area contributed by atoms with E-state index in [9.17, 15) is 14.0 Å². The van der Waals surface area contributed by atoms with Gasteiger partial charge in [0.25, 0.3) is 0 Å². The van der Waals surface area contributed by atoms with Gasteiger partial charge in [0.1, 0.15) is 11.4 Å². The number of aromatic nitrogens is 2. The van der Waals surface area contributed by atoms with E-state index in [1.807, 2.05) is 0 Å². The number of hydrogen-bond donors (Lipinski definition) is 2. The number of benzene rings is 1. The molecule has 3 aromatic rings. The molecule has 2 heterocycles. The van der Waals surface area contributed by atoms with Gasteiger partial charge in [-0.25, -0.2) is 9.18 Å². The van der Waals surface area contributed by atoms with Crippen LogP contribution in [-0.2, 0) is 0 Å². The topological polar surface area (TPSA) is 83.0 Å². The van der Waals surface area contributed by atoms with Gasteiger partial charge in [0.15, 0.2) is 0 Å². The molecule has 0 aliphatic heterocycles. The summed E-state index contributed by atoms with van der Waals surface area (Å²) in [5.41, 5.74) is -0.534. The van der Waals surface area contributed by atoms with E-state index < -0.39 is 22.8 Å². The average molecular weight is 258 g/mol. The largest absolute Gasteiger partial charge is 0.477 e. The number of aromatic amines is 1. The van der Waals surface area contributed by atoms with Crippen molar-refractivity contribution in [3.05, 3.63) is 52.2 Å². The number of fused-ring (bicyclic) bond motifs is 3. The first-order valence-corrected chi connectivity index (χ1v) is 5.41. The fraction of sp³-hybridized carbons (Fsp3) is 0. The number of pyridine rings is 2. The molecule has 0 amide bonds. The molecule has 0 spiro atoms. The molecule has 0 aliphatic carbocycles. The van der Waals surface area contributed by atoms with Crippen LogP contribution in [0.4, 0.5) is 4.39 Å². The Labute approximate surface area is 105 Å². The van der Waals surface area contributed by atoms with Crippen LogP contribution in [0.3, 0.4) is 0 Å². The number of aromatic carboxylic acids is 1. The van der Waals surface area contributed by atoms with Gasteiger partial charge in [-0.1, -0.05) is 0 Å². The lowest BCUT2D eigenvalue weighted by atomic mass is 10.1. The zero-order valence-corrected chi connectivity index (χ0v) is 9.48. The van der Waals surface area contributed by atoms with E-state index in [0.29, 0.717) is 11.0 Å². The van der Waals surface area contributed by atoms with Crippen molar-refractivity contribution >= 4 is 27.8 Å². The van der Waals surface area contributed by atoms with E-state index in [4.69, 9.17) is 5.11 Å². The number of H-pyrrole nitrogens is 1. The summed E-state index contributed by atoms with van der Waals surface area (Å²) in [6.45, 7) is 0. The molecule has 6 heteroatoms. The van der Waals surface area contributed by atoms with Crippen molar-refractivity contribution in [2.75, 3.05) is 0 Å². The Kier molecular flexibility index (Phi) is 2.31. The molecule has 0 bridgehead atoms.